The van der Waals surface area contributed by atoms with Crippen molar-refractivity contribution in [3.63, 3.8) is 0 Å². The van der Waals surface area contributed by atoms with Crippen molar-refractivity contribution >= 4 is 55.6 Å². The van der Waals surface area contributed by atoms with Crippen molar-refractivity contribution in [1.29, 1.82) is 0 Å². The maximum absolute atomic E-state index is 12.3. The van der Waals surface area contributed by atoms with Crippen molar-refractivity contribution in [3.8, 4) is 0 Å². The van der Waals surface area contributed by atoms with Gasteiger partial charge in [0.05, 0.1) is 12.7 Å². The van der Waals surface area contributed by atoms with Crippen molar-refractivity contribution in [2.75, 3.05) is 19.8 Å². The highest BCUT2D eigenvalue weighted by Crippen LogP contribution is 2.30. The van der Waals surface area contributed by atoms with Gasteiger partial charge in [0.2, 0.25) is 5.91 Å². The van der Waals surface area contributed by atoms with Gasteiger partial charge < -0.3 is 22.7 Å². The predicted molar refractivity (Wildman–Crippen MR) is 181 cm³/mol. The lowest BCUT2D eigenvalue weighted by molar-refractivity contribution is -0.118. The molecule has 0 bridgehead atoms. The van der Waals surface area contributed by atoms with Crippen molar-refractivity contribution < 1.29 is 22.2 Å². The molecule has 0 spiro atoms. The van der Waals surface area contributed by atoms with Gasteiger partial charge in [0.1, 0.15) is 0 Å². The Labute approximate surface area is 242 Å². The Hall–Kier alpha value is 0.351. The normalized spacial score (nSPS) is 14.9. The quantitative estimate of drug-likeness (QED) is 0.0899. The largest absolute Gasteiger partial charge is 0.437 e. The van der Waals surface area contributed by atoms with E-state index in [1.165, 1.54) is 11.3 Å². The summed E-state index contributed by atoms with van der Waals surface area (Å²) < 4.78 is 26.5. The summed E-state index contributed by atoms with van der Waals surface area (Å²) in [7, 11) is -10.3. The fraction of sp³-hybridized carbons (Fsp3) is 0.885. The number of hydrogen-bond acceptors (Lipinski definition) is 5. The molecule has 226 valence electrons. The molecule has 0 radical (unpaired) electrons. The minimum Gasteiger partial charge on any atom is -0.437 e. The van der Waals surface area contributed by atoms with Gasteiger partial charge in [0, 0.05) is 34.9 Å². The predicted octanol–water partition coefficient (Wildman–Crippen LogP) is 7.58. The SMILES string of the molecule is C=C(C)C(=O)NCC(COCCC[Si](C)(O[Si](C)(C)C)O[Si](C)(C)C)O[Si](C)(C[Si](C)(C)C)C[Si](C)(C)C. The molecule has 0 saturated heterocycles. The molecular weight excluding hydrogens is 575 g/mol. The second-order valence-corrected chi connectivity index (χ2v) is 45.0. The summed E-state index contributed by atoms with van der Waals surface area (Å²) in [6, 6.07) is 0.928. The van der Waals surface area contributed by atoms with E-state index in [1.807, 2.05) is 0 Å². The van der Waals surface area contributed by atoms with Crippen LogP contribution in [0.1, 0.15) is 13.3 Å². The molecule has 0 aromatic heterocycles. The number of nitrogens with one attached hydrogen (secondary N) is 1. The lowest BCUT2D eigenvalue weighted by Gasteiger charge is -2.39. The molecule has 1 amide bonds. The fourth-order valence-corrected chi connectivity index (χ4v) is 39.1. The molecule has 6 nitrogen and oxygen atoms in total. The zero-order valence-electron chi connectivity index (χ0n) is 27.8. The highest BCUT2D eigenvalue weighted by atomic mass is 28.5. The van der Waals surface area contributed by atoms with Crippen LogP contribution in [0.15, 0.2) is 12.2 Å². The lowest BCUT2D eigenvalue weighted by Crippen LogP contribution is -2.52. The molecule has 1 unspecified atom stereocenters. The molecule has 38 heavy (non-hydrogen) atoms. The minimum atomic E-state index is -2.27. The van der Waals surface area contributed by atoms with Gasteiger partial charge in [-0.05, 0) is 83.1 Å². The lowest BCUT2D eigenvalue weighted by atomic mass is 10.3. The Morgan fingerprint density at radius 1 is 0.789 bits per heavy atom. The second-order valence-electron chi connectivity index (χ2n) is 15.9. The van der Waals surface area contributed by atoms with Gasteiger partial charge in [-0.1, -0.05) is 45.9 Å². The summed E-state index contributed by atoms with van der Waals surface area (Å²) in [6.45, 7) is 39.8. The number of carbonyl (C=O) groups excluding carboxylic acids is 1. The molecule has 0 aliphatic carbocycles. The standard InChI is InChI=1S/C26H63NO5Si6/c1-24(2)26(28)27-20-25(30-37(15,22-33(3,4)5)23-34(6,7)8)21-29-18-17-19-38(16,31-35(9,10)11)32-36(12,13)14/h25H,1,17-23H2,2-16H3,(H,27,28). The van der Waals surface area contributed by atoms with Crippen molar-refractivity contribution in [2.45, 2.75) is 128 Å². The molecule has 0 aliphatic heterocycles. The second kappa shape index (κ2) is 15.0. The van der Waals surface area contributed by atoms with E-state index in [9.17, 15) is 4.79 Å². The molecule has 0 saturated carbocycles. The van der Waals surface area contributed by atoms with Crippen molar-refractivity contribution in [1.82, 2.24) is 5.32 Å². The van der Waals surface area contributed by atoms with Crippen LogP contribution in [0.3, 0.4) is 0 Å². The van der Waals surface area contributed by atoms with E-state index >= 15 is 0 Å². The van der Waals surface area contributed by atoms with Gasteiger partial charge in [-0.2, -0.15) is 0 Å². The monoisotopic (exact) mass is 637 g/mol. The Kier molecular flexibility index (Phi) is 15.1. The number of hydrogen-bond donors (Lipinski definition) is 1. The topological polar surface area (TPSA) is 66.0 Å². The summed E-state index contributed by atoms with van der Waals surface area (Å²) in [6.07, 6.45) is 0.754. The number of ether oxygens (including phenoxy) is 1. The van der Waals surface area contributed by atoms with Crippen LogP contribution >= 0.6 is 0 Å². The van der Waals surface area contributed by atoms with E-state index < -0.39 is 49.7 Å². The summed E-state index contributed by atoms with van der Waals surface area (Å²) in [5.41, 5.74) is 2.96. The molecule has 1 N–H and O–H groups in total. The first-order valence-corrected chi connectivity index (χ1v) is 33.9. The molecule has 0 heterocycles. The first kappa shape index (κ1) is 38.4. The third-order valence-corrected chi connectivity index (χ3v) is 30.4. The number of amides is 1. The zero-order valence-corrected chi connectivity index (χ0v) is 33.8. The average molecular weight is 638 g/mol. The van der Waals surface area contributed by atoms with Gasteiger partial charge in [0.25, 0.3) is 0 Å². The van der Waals surface area contributed by atoms with E-state index in [4.69, 9.17) is 17.4 Å². The molecule has 0 aromatic rings. The van der Waals surface area contributed by atoms with E-state index in [0.717, 1.165) is 12.5 Å². The molecule has 1 atom stereocenters. The van der Waals surface area contributed by atoms with E-state index in [-0.39, 0.29) is 12.0 Å². The van der Waals surface area contributed by atoms with E-state index in [0.29, 0.717) is 25.3 Å². The Morgan fingerprint density at radius 3 is 1.61 bits per heavy atom. The molecule has 0 fully saturated rings. The maximum atomic E-state index is 12.3. The average Bonchev–Trinajstić information content (AvgIpc) is 2.58. The van der Waals surface area contributed by atoms with Gasteiger partial charge in [-0.3, -0.25) is 4.79 Å². The summed E-state index contributed by atoms with van der Waals surface area (Å²) >= 11 is 0. The van der Waals surface area contributed by atoms with Crippen LogP contribution in [0.5, 0.6) is 0 Å². The maximum Gasteiger partial charge on any atom is 0.314 e. The van der Waals surface area contributed by atoms with Gasteiger partial charge in [0.15, 0.2) is 25.0 Å². The summed E-state index contributed by atoms with van der Waals surface area (Å²) in [5, 5.41) is 3.02. The third kappa shape index (κ3) is 20.3. The molecule has 0 rings (SSSR count). The molecule has 12 heteroatoms. The fourth-order valence-electron chi connectivity index (χ4n) is 5.41. The molecule has 0 aliphatic rings. The zero-order chi connectivity index (χ0) is 30.2. The first-order valence-electron chi connectivity index (χ1n) is 14.3. The van der Waals surface area contributed by atoms with E-state index in [1.54, 1.807) is 6.92 Å². The van der Waals surface area contributed by atoms with Crippen LogP contribution in [0.25, 0.3) is 0 Å². The van der Waals surface area contributed by atoms with Crippen molar-refractivity contribution in [2.24, 2.45) is 0 Å². The van der Waals surface area contributed by atoms with Crippen LogP contribution in [-0.2, 0) is 22.2 Å². The van der Waals surface area contributed by atoms with Gasteiger partial charge >= 0.3 is 8.56 Å². The van der Waals surface area contributed by atoms with Crippen molar-refractivity contribution in [3.05, 3.63) is 12.2 Å². The molecule has 0 aromatic carbocycles. The highest BCUT2D eigenvalue weighted by molar-refractivity contribution is 6.99. The number of rotatable bonds is 19. The molecular formula is C26H63NO5Si6. The van der Waals surface area contributed by atoms with Crippen LogP contribution in [0.2, 0.25) is 109 Å². The number of carbonyl (C=O) groups is 1. The summed E-state index contributed by atoms with van der Waals surface area (Å²) in [5.74, 6) is -0.119. The Bertz CT molecular complexity index is 721. The van der Waals surface area contributed by atoms with Crippen LogP contribution in [-0.4, -0.2) is 81.4 Å². The summed E-state index contributed by atoms with van der Waals surface area (Å²) in [4.78, 5) is 12.3. The van der Waals surface area contributed by atoms with Crippen LogP contribution in [0, 0.1) is 0 Å². The third-order valence-electron chi connectivity index (χ3n) is 5.41. The minimum absolute atomic E-state index is 0.119. The van der Waals surface area contributed by atoms with Crippen LogP contribution in [0.4, 0.5) is 0 Å². The smallest absolute Gasteiger partial charge is 0.314 e. The van der Waals surface area contributed by atoms with Gasteiger partial charge in [-0.15, -0.1) is 0 Å². The Morgan fingerprint density at radius 2 is 1.24 bits per heavy atom. The Balaban J connectivity index is 5.44. The van der Waals surface area contributed by atoms with Gasteiger partial charge in [-0.25, -0.2) is 0 Å². The highest BCUT2D eigenvalue weighted by Gasteiger charge is 2.41. The first-order chi connectivity index (χ1) is 16.7. The van der Waals surface area contributed by atoms with E-state index in [2.05, 4.69) is 104 Å². The van der Waals surface area contributed by atoms with Crippen LogP contribution < -0.4 is 5.32 Å².